The van der Waals surface area contributed by atoms with Gasteiger partial charge in [0.1, 0.15) is 6.54 Å². The van der Waals surface area contributed by atoms with Gasteiger partial charge in [-0.2, -0.15) is 0 Å². The monoisotopic (exact) mass is 357 g/mol. The Morgan fingerprint density at radius 2 is 1.72 bits per heavy atom. The van der Waals surface area contributed by atoms with E-state index < -0.39 is 5.97 Å². The first-order valence-electron chi connectivity index (χ1n) is 8.25. The van der Waals surface area contributed by atoms with Crippen LogP contribution in [-0.2, 0) is 20.1 Å². The first-order chi connectivity index (χ1) is 12.1. The number of thioether (sulfide) groups is 1. The highest BCUT2D eigenvalue weighted by Gasteiger charge is 2.19. The maximum Gasteiger partial charge on any atom is 0.326 e. The molecule has 0 saturated heterocycles. The van der Waals surface area contributed by atoms with Crippen LogP contribution in [0.2, 0.25) is 0 Å². The number of carbonyl (C=O) groups excluding carboxylic acids is 2. The summed E-state index contributed by atoms with van der Waals surface area (Å²) >= 11 is 1.55. The number of carbonyl (C=O) groups is 2. The minimum atomic E-state index is -0.399. The molecule has 0 fully saturated rings. The van der Waals surface area contributed by atoms with Crippen molar-refractivity contribution in [2.75, 3.05) is 23.8 Å². The Hall–Kier alpha value is -2.27. The van der Waals surface area contributed by atoms with Gasteiger partial charge in [-0.05, 0) is 37.1 Å². The molecule has 0 radical (unpaired) electrons. The molecule has 0 saturated carbocycles. The Labute approximate surface area is 153 Å². The lowest BCUT2D eigenvalue weighted by Crippen LogP contribution is -2.37. The molecule has 5 heteroatoms. The summed E-state index contributed by atoms with van der Waals surface area (Å²) < 4.78 is 4.99. The summed E-state index contributed by atoms with van der Waals surface area (Å²) in [4.78, 5) is 26.0. The molecule has 132 valence electrons. The second kappa shape index (κ2) is 9.89. The van der Waals surface area contributed by atoms with Gasteiger partial charge in [-0.3, -0.25) is 9.59 Å². The third-order valence-electron chi connectivity index (χ3n) is 3.71. The predicted octanol–water partition coefficient (Wildman–Crippen LogP) is 3.82. The van der Waals surface area contributed by atoms with Crippen LogP contribution in [0.1, 0.15) is 18.1 Å². The van der Waals surface area contributed by atoms with Crippen molar-refractivity contribution in [1.29, 1.82) is 0 Å². The van der Waals surface area contributed by atoms with Gasteiger partial charge in [-0.15, -0.1) is 11.8 Å². The van der Waals surface area contributed by atoms with Crippen LogP contribution in [0.5, 0.6) is 0 Å². The molecule has 2 aromatic carbocycles. The molecular weight excluding hydrogens is 334 g/mol. The fourth-order valence-corrected chi connectivity index (χ4v) is 3.34. The van der Waals surface area contributed by atoms with Crippen LogP contribution in [0, 0.1) is 6.92 Å². The van der Waals surface area contributed by atoms with Crippen molar-refractivity contribution < 1.29 is 14.3 Å². The van der Waals surface area contributed by atoms with E-state index in [-0.39, 0.29) is 12.5 Å². The summed E-state index contributed by atoms with van der Waals surface area (Å²) in [5, 5.41) is 0. The van der Waals surface area contributed by atoms with Crippen LogP contribution in [0.25, 0.3) is 0 Å². The maximum absolute atomic E-state index is 12.7. The Balaban J connectivity index is 2.00. The summed E-state index contributed by atoms with van der Waals surface area (Å²) in [6.07, 6.45) is 0. The van der Waals surface area contributed by atoms with Crippen molar-refractivity contribution in [2.45, 2.75) is 19.6 Å². The number of benzene rings is 2. The molecule has 0 aliphatic rings. The first-order valence-corrected chi connectivity index (χ1v) is 9.40. The summed E-state index contributed by atoms with van der Waals surface area (Å²) in [6.45, 7) is 4.05. The summed E-state index contributed by atoms with van der Waals surface area (Å²) in [6, 6.07) is 17.4. The van der Waals surface area contributed by atoms with Gasteiger partial charge >= 0.3 is 5.97 Å². The lowest BCUT2D eigenvalue weighted by Gasteiger charge is -2.21. The number of anilines is 1. The number of amides is 1. The Kier molecular flexibility index (Phi) is 7.54. The molecule has 0 heterocycles. The SMILES string of the molecule is CCOC(=O)CN(C(=O)CSCc1ccccc1C)c1ccccc1. The standard InChI is InChI=1S/C20H23NO3S/c1-3-24-20(23)13-21(18-11-5-4-6-12-18)19(22)15-25-14-17-10-8-7-9-16(17)2/h4-12H,3,13-15H2,1-2H3. The van der Waals surface area contributed by atoms with Crippen LogP contribution in [0.15, 0.2) is 54.6 Å². The van der Waals surface area contributed by atoms with Crippen LogP contribution in [-0.4, -0.2) is 30.8 Å². The minimum absolute atomic E-state index is 0.0678. The van der Waals surface area contributed by atoms with Crippen LogP contribution < -0.4 is 4.90 Å². The average molecular weight is 357 g/mol. The molecule has 0 aromatic heterocycles. The second-order valence-corrected chi connectivity index (χ2v) is 6.53. The van der Waals surface area contributed by atoms with Crippen molar-refractivity contribution in [3.63, 3.8) is 0 Å². The zero-order valence-corrected chi connectivity index (χ0v) is 15.4. The number of esters is 1. The van der Waals surface area contributed by atoms with Crippen LogP contribution >= 0.6 is 11.8 Å². The van der Waals surface area contributed by atoms with Crippen LogP contribution in [0.4, 0.5) is 5.69 Å². The molecule has 1 amide bonds. The van der Waals surface area contributed by atoms with Gasteiger partial charge in [-0.1, -0.05) is 42.5 Å². The third kappa shape index (κ3) is 5.94. The van der Waals surface area contributed by atoms with E-state index in [1.54, 1.807) is 18.7 Å². The van der Waals surface area contributed by atoms with E-state index in [9.17, 15) is 9.59 Å². The van der Waals surface area contributed by atoms with E-state index in [1.807, 2.05) is 42.5 Å². The Morgan fingerprint density at radius 1 is 1.04 bits per heavy atom. The zero-order valence-electron chi connectivity index (χ0n) is 14.6. The zero-order chi connectivity index (χ0) is 18.1. The highest BCUT2D eigenvalue weighted by molar-refractivity contribution is 7.99. The lowest BCUT2D eigenvalue weighted by atomic mass is 10.1. The molecule has 0 atom stereocenters. The van der Waals surface area contributed by atoms with E-state index >= 15 is 0 Å². The van der Waals surface area contributed by atoms with Crippen molar-refractivity contribution in [1.82, 2.24) is 0 Å². The summed E-state index contributed by atoms with van der Waals surface area (Å²) in [5.41, 5.74) is 3.14. The van der Waals surface area contributed by atoms with Gasteiger partial charge in [0.25, 0.3) is 0 Å². The minimum Gasteiger partial charge on any atom is -0.465 e. The topological polar surface area (TPSA) is 46.6 Å². The van der Waals surface area contributed by atoms with Gasteiger partial charge < -0.3 is 9.64 Å². The molecule has 25 heavy (non-hydrogen) atoms. The van der Waals surface area contributed by atoms with Crippen LogP contribution in [0.3, 0.4) is 0 Å². The fourth-order valence-electron chi connectivity index (χ4n) is 2.37. The number of rotatable bonds is 8. The molecule has 0 aliphatic carbocycles. The number of aryl methyl sites for hydroxylation is 1. The molecule has 4 nitrogen and oxygen atoms in total. The van der Waals surface area contributed by atoms with Gasteiger partial charge in [-0.25, -0.2) is 0 Å². The van der Waals surface area contributed by atoms with Crippen molar-refractivity contribution in [2.24, 2.45) is 0 Å². The normalized spacial score (nSPS) is 10.3. The largest absolute Gasteiger partial charge is 0.465 e. The third-order valence-corrected chi connectivity index (χ3v) is 4.67. The van der Waals surface area contributed by atoms with Crippen molar-refractivity contribution >= 4 is 29.3 Å². The number of hydrogen-bond donors (Lipinski definition) is 0. The number of hydrogen-bond acceptors (Lipinski definition) is 4. The summed E-state index contributed by atoms with van der Waals surface area (Å²) in [5.74, 6) is 0.574. The number of nitrogens with zero attached hydrogens (tertiary/aromatic N) is 1. The van der Waals surface area contributed by atoms with Gasteiger partial charge in [0.05, 0.1) is 12.4 Å². The molecule has 0 N–H and O–H groups in total. The van der Waals surface area contributed by atoms with Gasteiger partial charge in [0, 0.05) is 11.4 Å². The highest BCUT2D eigenvalue weighted by atomic mass is 32.2. The number of ether oxygens (including phenoxy) is 1. The van der Waals surface area contributed by atoms with Crippen molar-refractivity contribution in [3.8, 4) is 0 Å². The van der Waals surface area contributed by atoms with E-state index in [1.165, 1.54) is 16.0 Å². The summed E-state index contributed by atoms with van der Waals surface area (Å²) in [7, 11) is 0. The van der Waals surface area contributed by atoms with E-state index in [0.717, 1.165) is 5.75 Å². The first kappa shape index (κ1) is 19.1. The van der Waals surface area contributed by atoms with E-state index in [0.29, 0.717) is 18.0 Å². The van der Waals surface area contributed by atoms with Gasteiger partial charge in [0.15, 0.2) is 0 Å². The Morgan fingerprint density at radius 3 is 2.40 bits per heavy atom. The van der Waals surface area contributed by atoms with Crippen molar-refractivity contribution in [3.05, 3.63) is 65.7 Å². The molecule has 0 unspecified atom stereocenters. The molecule has 0 bridgehead atoms. The predicted molar refractivity (Wildman–Crippen MR) is 103 cm³/mol. The highest BCUT2D eigenvalue weighted by Crippen LogP contribution is 2.19. The smallest absolute Gasteiger partial charge is 0.326 e. The maximum atomic E-state index is 12.7. The molecule has 2 rings (SSSR count). The average Bonchev–Trinajstić information content (AvgIpc) is 2.62. The Bertz CT molecular complexity index is 703. The van der Waals surface area contributed by atoms with Gasteiger partial charge in [0.2, 0.25) is 5.91 Å². The quantitative estimate of drug-likeness (QED) is 0.674. The molecule has 2 aromatic rings. The second-order valence-electron chi connectivity index (χ2n) is 5.54. The molecule has 0 spiro atoms. The molecule has 0 aliphatic heterocycles. The number of para-hydroxylation sites is 1. The lowest BCUT2D eigenvalue weighted by molar-refractivity contribution is -0.142. The van der Waals surface area contributed by atoms with E-state index in [2.05, 4.69) is 19.1 Å². The fraction of sp³-hybridized carbons (Fsp3) is 0.300. The van der Waals surface area contributed by atoms with E-state index in [4.69, 9.17) is 4.74 Å². The molecular formula is C20H23NO3S.